The van der Waals surface area contributed by atoms with E-state index in [4.69, 9.17) is 4.74 Å². The molecule has 2 aromatic rings. The van der Waals surface area contributed by atoms with Gasteiger partial charge in [0.2, 0.25) is 5.91 Å². The Balaban J connectivity index is 0.00000131. The highest BCUT2D eigenvalue weighted by molar-refractivity contribution is 6.06. The zero-order valence-electron chi connectivity index (χ0n) is 15.3. The van der Waals surface area contributed by atoms with Crippen LogP contribution in [0.15, 0.2) is 30.6 Å². The van der Waals surface area contributed by atoms with Crippen molar-refractivity contribution in [3.05, 3.63) is 30.6 Å². The van der Waals surface area contributed by atoms with Crippen molar-refractivity contribution in [1.29, 1.82) is 0 Å². The monoisotopic (exact) mass is 412 g/mol. The summed E-state index contributed by atoms with van der Waals surface area (Å²) >= 11 is 0. The van der Waals surface area contributed by atoms with Gasteiger partial charge in [-0.3, -0.25) is 9.78 Å². The number of carbonyl (C=O) groups excluding carboxylic acids is 1. The van der Waals surface area contributed by atoms with Gasteiger partial charge in [-0.25, -0.2) is 0 Å². The maximum atomic E-state index is 12.6. The van der Waals surface area contributed by atoms with E-state index in [1.807, 2.05) is 25.3 Å². The number of aromatic nitrogens is 1. The summed E-state index contributed by atoms with van der Waals surface area (Å²) in [5.41, 5.74) is 2.01. The van der Waals surface area contributed by atoms with Crippen molar-refractivity contribution < 1.29 is 9.53 Å². The van der Waals surface area contributed by atoms with Crippen molar-refractivity contribution in [3.63, 3.8) is 0 Å². The number of nitrogens with zero attached hydrogens (tertiary/aromatic N) is 2. The standard InChI is InChI=1S/C19H24N4O2.2ClH/c1-13(14-10-21-11-14)19(24)22-17-2-3-18(23-6-8-25-9-7-23)15-4-5-20-12-16(15)17;;/h2-5,12-14,21H,6-11H2,1H3,(H,22,24);2*1H. The number of morpholine rings is 1. The number of ether oxygens (including phenoxy) is 1. The number of nitrogens with one attached hydrogen (secondary N) is 2. The third kappa shape index (κ3) is 4.46. The Kier molecular flexibility index (Phi) is 7.68. The molecule has 148 valence electrons. The number of pyridine rings is 1. The van der Waals surface area contributed by atoms with E-state index in [1.165, 1.54) is 5.69 Å². The third-order valence-electron chi connectivity index (χ3n) is 5.34. The summed E-state index contributed by atoms with van der Waals surface area (Å²) in [6.45, 7) is 7.11. The molecule has 8 heteroatoms. The Hall–Kier alpha value is -1.60. The maximum Gasteiger partial charge on any atom is 0.227 e. The molecule has 27 heavy (non-hydrogen) atoms. The van der Waals surface area contributed by atoms with Crippen LogP contribution < -0.4 is 15.5 Å². The van der Waals surface area contributed by atoms with Gasteiger partial charge in [-0.05, 0) is 37.2 Å². The maximum absolute atomic E-state index is 12.6. The Morgan fingerprint density at radius 1 is 1.22 bits per heavy atom. The van der Waals surface area contributed by atoms with Crippen LogP contribution in [0.5, 0.6) is 0 Å². The Bertz CT molecular complexity index is 779. The summed E-state index contributed by atoms with van der Waals surface area (Å²) in [4.78, 5) is 19.2. The SMILES string of the molecule is CC(C(=O)Nc1ccc(N2CCOCC2)c2ccncc12)C1CNC1.Cl.Cl. The molecule has 1 amide bonds. The van der Waals surface area contributed by atoms with Crippen LogP contribution in [0.3, 0.4) is 0 Å². The highest BCUT2D eigenvalue weighted by Crippen LogP contribution is 2.32. The molecule has 1 aromatic heterocycles. The summed E-state index contributed by atoms with van der Waals surface area (Å²) in [5, 5.41) is 8.45. The van der Waals surface area contributed by atoms with Crippen LogP contribution in [0.1, 0.15) is 6.92 Å². The molecule has 0 aliphatic carbocycles. The van der Waals surface area contributed by atoms with Gasteiger partial charge in [0.25, 0.3) is 0 Å². The van der Waals surface area contributed by atoms with Crippen molar-refractivity contribution in [1.82, 2.24) is 10.3 Å². The van der Waals surface area contributed by atoms with Crippen LogP contribution in [-0.2, 0) is 9.53 Å². The van der Waals surface area contributed by atoms with Crippen molar-refractivity contribution in [3.8, 4) is 0 Å². The zero-order valence-corrected chi connectivity index (χ0v) is 16.9. The van der Waals surface area contributed by atoms with Crippen LogP contribution in [0.4, 0.5) is 11.4 Å². The molecule has 4 rings (SSSR count). The predicted octanol–water partition coefficient (Wildman–Crippen LogP) is 2.71. The van der Waals surface area contributed by atoms with E-state index in [2.05, 4.69) is 26.6 Å². The molecule has 0 radical (unpaired) electrons. The van der Waals surface area contributed by atoms with Crippen molar-refractivity contribution >= 4 is 52.9 Å². The van der Waals surface area contributed by atoms with E-state index in [9.17, 15) is 4.79 Å². The van der Waals surface area contributed by atoms with Crippen LogP contribution in [0.2, 0.25) is 0 Å². The summed E-state index contributed by atoms with van der Waals surface area (Å²) in [6, 6.07) is 6.12. The summed E-state index contributed by atoms with van der Waals surface area (Å²) in [5.74, 6) is 0.514. The van der Waals surface area contributed by atoms with E-state index in [0.29, 0.717) is 5.92 Å². The average molecular weight is 413 g/mol. The van der Waals surface area contributed by atoms with Gasteiger partial charge in [0.05, 0.1) is 18.9 Å². The van der Waals surface area contributed by atoms with Crippen LogP contribution in [0, 0.1) is 11.8 Å². The molecule has 0 bridgehead atoms. The second-order valence-electron chi connectivity index (χ2n) is 6.85. The molecule has 2 saturated heterocycles. The number of benzene rings is 1. The number of rotatable bonds is 4. The number of anilines is 2. The molecule has 2 aliphatic heterocycles. The first-order valence-corrected chi connectivity index (χ1v) is 8.95. The lowest BCUT2D eigenvalue weighted by molar-refractivity contribution is -0.121. The summed E-state index contributed by atoms with van der Waals surface area (Å²) in [6.07, 6.45) is 3.64. The average Bonchev–Trinajstić information content (AvgIpc) is 2.61. The van der Waals surface area contributed by atoms with Gasteiger partial charge in [0.1, 0.15) is 0 Å². The number of halogens is 2. The molecule has 2 N–H and O–H groups in total. The first kappa shape index (κ1) is 21.7. The minimum Gasteiger partial charge on any atom is -0.378 e. The van der Waals surface area contributed by atoms with E-state index >= 15 is 0 Å². The van der Waals surface area contributed by atoms with E-state index in [1.54, 1.807) is 6.20 Å². The molecule has 0 saturated carbocycles. The first-order valence-electron chi connectivity index (χ1n) is 8.95. The van der Waals surface area contributed by atoms with Gasteiger partial charge in [0.15, 0.2) is 0 Å². The molecule has 1 unspecified atom stereocenters. The summed E-state index contributed by atoms with van der Waals surface area (Å²) in [7, 11) is 0. The van der Waals surface area contributed by atoms with Gasteiger partial charge in [-0.2, -0.15) is 0 Å². The second kappa shape index (κ2) is 9.55. The molecular weight excluding hydrogens is 387 g/mol. The zero-order chi connectivity index (χ0) is 17.2. The number of hydrogen-bond acceptors (Lipinski definition) is 5. The molecule has 1 atom stereocenters. The van der Waals surface area contributed by atoms with Gasteiger partial charge >= 0.3 is 0 Å². The van der Waals surface area contributed by atoms with Gasteiger partial charge in [-0.1, -0.05) is 6.92 Å². The largest absolute Gasteiger partial charge is 0.378 e. The second-order valence-corrected chi connectivity index (χ2v) is 6.85. The molecule has 0 spiro atoms. The van der Waals surface area contributed by atoms with Crippen molar-refractivity contribution in [2.75, 3.05) is 49.6 Å². The smallest absolute Gasteiger partial charge is 0.227 e. The number of hydrogen-bond donors (Lipinski definition) is 2. The number of fused-ring (bicyclic) bond motifs is 1. The molecular formula is C19H26Cl2N4O2. The molecule has 1 aromatic carbocycles. The van der Waals surface area contributed by atoms with Crippen LogP contribution >= 0.6 is 24.8 Å². The third-order valence-corrected chi connectivity index (χ3v) is 5.34. The molecule has 2 aliphatic rings. The molecule has 2 fully saturated rings. The summed E-state index contributed by atoms with van der Waals surface area (Å²) < 4.78 is 5.46. The van der Waals surface area contributed by atoms with Crippen LogP contribution in [-0.4, -0.2) is 50.3 Å². The Morgan fingerprint density at radius 2 is 1.96 bits per heavy atom. The van der Waals surface area contributed by atoms with Gasteiger partial charge in [0, 0.05) is 47.9 Å². The molecule has 6 nitrogen and oxygen atoms in total. The van der Waals surface area contributed by atoms with Gasteiger partial charge < -0.3 is 20.3 Å². The fraction of sp³-hybridized carbons (Fsp3) is 0.474. The lowest BCUT2D eigenvalue weighted by Gasteiger charge is -2.32. The minimum atomic E-state index is 0. The quantitative estimate of drug-likeness (QED) is 0.807. The topological polar surface area (TPSA) is 66.5 Å². The van der Waals surface area contributed by atoms with E-state index in [-0.39, 0.29) is 36.6 Å². The highest BCUT2D eigenvalue weighted by atomic mass is 35.5. The number of amides is 1. The van der Waals surface area contributed by atoms with Crippen LogP contribution in [0.25, 0.3) is 10.8 Å². The fourth-order valence-corrected chi connectivity index (χ4v) is 3.49. The van der Waals surface area contributed by atoms with E-state index < -0.39 is 0 Å². The number of carbonyl (C=O) groups is 1. The van der Waals surface area contributed by atoms with Crippen molar-refractivity contribution in [2.24, 2.45) is 11.8 Å². The van der Waals surface area contributed by atoms with Crippen molar-refractivity contribution in [2.45, 2.75) is 6.92 Å². The molecule has 3 heterocycles. The lowest BCUT2D eigenvalue weighted by Crippen LogP contribution is -2.48. The Morgan fingerprint density at radius 3 is 2.63 bits per heavy atom. The minimum absolute atomic E-state index is 0. The predicted molar refractivity (Wildman–Crippen MR) is 113 cm³/mol. The first-order chi connectivity index (χ1) is 12.2. The normalized spacial score (nSPS) is 18.0. The van der Waals surface area contributed by atoms with Gasteiger partial charge in [-0.15, -0.1) is 24.8 Å². The lowest BCUT2D eigenvalue weighted by atomic mass is 9.88. The fourth-order valence-electron chi connectivity index (χ4n) is 3.49. The van der Waals surface area contributed by atoms with E-state index in [0.717, 1.165) is 55.9 Å². The highest BCUT2D eigenvalue weighted by Gasteiger charge is 2.29. The Labute approximate surface area is 171 Å².